The van der Waals surface area contributed by atoms with E-state index in [1.807, 2.05) is 36.5 Å². The smallest absolute Gasteiger partial charge is 0.254 e. The molecule has 0 saturated carbocycles. The second kappa shape index (κ2) is 5.99. The fourth-order valence-corrected chi connectivity index (χ4v) is 3.57. The molecule has 0 aliphatic carbocycles. The predicted molar refractivity (Wildman–Crippen MR) is 97.5 cm³/mol. The number of aromatic nitrogens is 3. The number of aryl methyl sites for hydroxylation is 4. The van der Waals surface area contributed by atoms with Gasteiger partial charge in [-0.1, -0.05) is 12.1 Å². The molecule has 5 heteroatoms. The van der Waals surface area contributed by atoms with Crippen molar-refractivity contribution in [3.63, 3.8) is 0 Å². The molecular weight excluding hydrogens is 312 g/mol. The molecule has 1 aliphatic heterocycles. The molecule has 0 fully saturated rings. The molecule has 3 aromatic rings. The summed E-state index contributed by atoms with van der Waals surface area (Å²) in [6, 6.07) is 6.02. The number of imidazole rings is 1. The first kappa shape index (κ1) is 15.8. The molecule has 128 valence electrons. The van der Waals surface area contributed by atoms with Crippen molar-refractivity contribution in [1.29, 1.82) is 0 Å². The van der Waals surface area contributed by atoms with Crippen LogP contribution in [-0.4, -0.2) is 31.9 Å². The zero-order chi connectivity index (χ0) is 17.6. The van der Waals surface area contributed by atoms with Gasteiger partial charge in [0.15, 0.2) is 0 Å². The normalized spacial score (nSPS) is 14.4. The van der Waals surface area contributed by atoms with Crippen LogP contribution in [0.3, 0.4) is 0 Å². The minimum Gasteiger partial charge on any atom is -0.333 e. The molecule has 1 aliphatic rings. The van der Waals surface area contributed by atoms with Crippen molar-refractivity contribution < 1.29 is 4.79 Å². The number of carbonyl (C=O) groups is 1. The summed E-state index contributed by atoms with van der Waals surface area (Å²) in [5.74, 6) is 0.0772. The Morgan fingerprint density at radius 3 is 2.84 bits per heavy atom. The Hall–Kier alpha value is -2.69. The highest BCUT2D eigenvalue weighted by atomic mass is 16.2. The number of nitrogens with zero attached hydrogens (tertiary/aromatic N) is 4. The molecule has 25 heavy (non-hydrogen) atoms. The lowest BCUT2D eigenvalue weighted by molar-refractivity contribution is 0.0747. The van der Waals surface area contributed by atoms with Gasteiger partial charge >= 0.3 is 0 Å². The highest BCUT2D eigenvalue weighted by Crippen LogP contribution is 2.26. The SMILES string of the molecule is Cc1cc(C(=O)N2CCCn3cncc3C2)c2ccc(C)c(C)c2n1. The Bertz CT molecular complexity index is 973. The number of hydrogen-bond donors (Lipinski definition) is 0. The monoisotopic (exact) mass is 334 g/mol. The number of rotatable bonds is 1. The Morgan fingerprint density at radius 2 is 2.00 bits per heavy atom. The first-order valence-corrected chi connectivity index (χ1v) is 8.70. The maximum absolute atomic E-state index is 13.3. The standard InChI is InChI=1S/C20H22N4O/c1-13-5-6-17-18(9-14(2)22-19(17)15(13)3)20(25)23-7-4-8-24-12-21-10-16(24)11-23/h5-6,9-10,12H,4,7-8,11H2,1-3H3. The van der Waals surface area contributed by atoms with Gasteiger partial charge in [0.1, 0.15) is 0 Å². The number of benzene rings is 1. The van der Waals surface area contributed by atoms with Gasteiger partial charge in [-0.15, -0.1) is 0 Å². The molecule has 1 amide bonds. The predicted octanol–water partition coefficient (Wildman–Crippen LogP) is 3.40. The van der Waals surface area contributed by atoms with Gasteiger partial charge in [-0.05, 0) is 44.4 Å². The largest absolute Gasteiger partial charge is 0.333 e. The van der Waals surface area contributed by atoms with Crippen LogP contribution in [0.15, 0.2) is 30.7 Å². The number of fused-ring (bicyclic) bond motifs is 2. The third kappa shape index (κ3) is 2.69. The van der Waals surface area contributed by atoms with Crippen LogP contribution in [0.1, 0.15) is 39.3 Å². The van der Waals surface area contributed by atoms with Crippen LogP contribution < -0.4 is 0 Å². The van der Waals surface area contributed by atoms with Gasteiger partial charge in [0, 0.05) is 30.4 Å². The van der Waals surface area contributed by atoms with Crippen LogP contribution in [0.25, 0.3) is 10.9 Å². The van der Waals surface area contributed by atoms with Crippen molar-refractivity contribution in [3.05, 3.63) is 58.8 Å². The lowest BCUT2D eigenvalue weighted by atomic mass is 10.00. The molecule has 0 radical (unpaired) electrons. The molecule has 3 heterocycles. The third-order valence-corrected chi connectivity index (χ3v) is 5.13. The van der Waals surface area contributed by atoms with Crippen molar-refractivity contribution in [3.8, 4) is 0 Å². The summed E-state index contributed by atoms with van der Waals surface area (Å²) in [4.78, 5) is 24.1. The van der Waals surface area contributed by atoms with Crippen molar-refractivity contribution in [2.75, 3.05) is 6.54 Å². The van der Waals surface area contributed by atoms with E-state index in [0.29, 0.717) is 6.54 Å². The molecule has 4 rings (SSSR count). The van der Waals surface area contributed by atoms with E-state index < -0.39 is 0 Å². The molecular formula is C20H22N4O. The van der Waals surface area contributed by atoms with E-state index in [2.05, 4.69) is 34.4 Å². The van der Waals surface area contributed by atoms with E-state index in [9.17, 15) is 4.79 Å². The number of pyridine rings is 1. The molecule has 5 nitrogen and oxygen atoms in total. The van der Waals surface area contributed by atoms with Crippen LogP contribution in [0.4, 0.5) is 0 Å². The maximum atomic E-state index is 13.3. The van der Waals surface area contributed by atoms with Crippen LogP contribution >= 0.6 is 0 Å². The quantitative estimate of drug-likeness (QED) is 0.685. The Kier molecular flexibility index (Phi) is 3.79. The van der Waals surface area contributed by atoms with Gasteiger partial charge in [-0.25, -0.2) is 4.98 Å². The second-order valence-electron chi connectivity index (χ2n) is 6.87. The summed E-state index contributed by atoms with van der Waals surface area (Å²) in [6.07, 6.45) is 4.64. The summed E-state index contributed by atoms with van der Waals surface area (Å²) < 4.78 is 2.14. The molecule has 2 aromatic heterocycles. The third-order valence-electron chi connectivity index (χ3n) is 5.13. The van der Waals surface area contributed by atoms with Gasteiger partial charge in [-0.3, -0.25) is 9.78 Å². The Labute approximate surface area is 147 Å². The van der Waals surface area contributed by atoms with Gasteiger partial charge in [0.05, 0.1) is 29.6 Å². The van der Waals surface area contributed by atoms with Crippen molar-refractivity contribution in [2.45, 2.75) is 40.3 Å². The minimum atomic E-state index is 0.0772. The van der Waals surface area contributed by atoms with Crippen LogP contribution in [0.5, 0.6) is 0 Å². The topological polar surface area (TPSA) is 51.0 Å². The zero-order valence-corrected chi connectivity index (χ0v) is 14.9. The zero-order valence-electron chi connectivity index (χ0n) is 14.9. The highest BCUT2D eigenvalue weighted by molar-refractivity contribution is 6.07. The van der Waals surface area contributed by atoms with Crippen molar-refractivity contribution in [1.82, 2.24) is 19.4 Å². The summed E-state index contributed by atoms with van der Waals surface area (Å²) in [7, 11) is 0. The first-order chi connectivity index (χ1) is 12.0. The number of carbonyl (C=O) groups excluding carboxylic acids is 1. The van der Waals surface area contributed by atoms with Gasteiger partial charge in [0.25, 0.3) is 5.91 Å². The molecule has 0 unspecified atom stereocenters. The van der Waals surface area contributed by atoms with E-state index in [1.165, 1.54) is 5.56 Å². The van der Waals surface area contributed by atoms with E-state index >= 15 is 0 Å². The summed E-state index contributed by atoms with van der Waals surface area (Å²) >= 11 is 0. The fourth-order valence-electron chi connectivity index (χ4n) is 3.57. The highest BCUT2D eigenvalue weighted by Gasteiger charge is 2.23. The summed E-state index contributed by atoms with van der Waals surface area (Å²) in [6.45, 7) is 8.38. The molecule has 0 atom stereocenters. The lowest BCUT2D eigenvalue weighted by Crippen LogP contribution is -2.31. The van der Waals surface area contributed by atoms with Crippen LogP contribution in [-0.2, 0) is 13.1 Å². The fraction of sp³-hybridized carbons (Fsp3) is 0.350. The molecule has 0 bridgehead atoms. The van der Waals surface area contributed by atoms with Crippen molar-refractivity contribution in [2.24, 2.45) is 0 Å². The summed E-state index contributed by atoms with van der Waals surface area (Å²) in [5.41, 5.74) is 5.99. The van der Waals surface area contributed by atoms with Gasteiger partial charge in [-0.2, -0.15) is 0 Å². The molecule has 0 spiro atoms. The summed E-state index contributed by atoms with van der Waals surface area (Å²) in [5, 5.41) is 0.941. The lowest BCUT2D eigenvalue weighted by Gasteiger charge is -2.21. The Morgan fingerprint density at radius 1 is 1.16 bits per heavy atom. The average Bonchev–Trinajstić information content (AvgIpc) is 2.94. The van der Waals surface area contributed by atoms with E-state index in [4.69, 9.17) is 0 Å². The van der Waals surface area contributed by atoms with Crippen molar-refractivity contribution >= 4 is 16.8 Å². The number of hydrogen-bond acceptors (Lipinski definition) is 3. The van der Waals surface area contributed by atoms with Gasteiger partial charge in [0.2, 0.25) is 0 Å². The maximum Gasteiger partial charge on any atom is 0.254 e. The average molecular weight is 334 g/mol. The first-order valence-electron chi connectivity index (χ1n) is 8.70. The van der Waals surface area contributed by atoms with Gasteiger partial charge < -0.3 is 9.47 Å². The molecule has 0 saturated heterocycles. The van der Waals surface area contributed by atoms with E-state index in [0.717, 1.165) is 52.9 Å². The number of amides is 1. The van der Waals surface area contributed by atoms with E-state index in [1.54, 1.807) is 0 Å². The Balaban J connectivity index is 1.79. The van der Waals surface area contributed by atoms with E-state index in [-0.39, 0.29) is 5.91 Å². The van der Waals surface area contributed by atoms with Crippen LogP contribution in [0, 0.1) is 20.8 Å². The van der Waals surface area contributed by atoms with Crippen LogP contribution in [0.2, 0.25) is 0 Å². The molecule has 1 aromatic carbocycles. The minimum absolute atomic E-state index is 0.0772. The second-order valence-corrected chi connectivity index (χ2v) is 6.87. The molecule has 0 N–H and O–H groups in total.